The number of rotatable bonds is 19. The zero-order valence-electron chi connectivity index (χ0n) is 19.5. The lowest BCUT2D eigenvalue weighted by atomic mass is 10.1. The number of carbonyl (C=O) groups excluding carboxylic acids is 5. The maximum Gasteiger partial charge on any atom is 0.407 e. The molecule has 15 nitrogen and oxygen atoms in total. The molecule has 0 saturated carbocycles. The Morgan fingerprint density at radius 3 is 1.46 bits per heavy atom. The molecular weight excluding hydrogens is 470 g/mol. The molecule has 4 amide bonds. The predicted octanol–water partition coefficient (Wildman–Crippen LogP) is -2.21. The van der Waals surface area contributed by atoms with E-state index in [1.54, 1.807) is 0 Å². The standard InChI is InChI=1S/C18H30B2N4O11/c1-30-14(25)12-33-13(10-34-17(28)23-4-8-31-6-2-21-15(19)26)11-35-18(29)24-5-9-32-7-3-22-16(20)27/h13H,2-12H2,1H3,(H,21,26)(H,22,27)(H,23,28)(H,24,29). The summed E-state index contributed by atoms with van der Waals surface area (Å²) in [6, 6.07) is 0. The van der Waals surface area contributed by atoms with Gasteiger partial charge in [0.1, 0.15) is 25.9 Å². The zero-order valence-corrected chi connectivity index (χ0v) is 19.5. The van der Waals surface area contributed by atoms with Gasteiger partial charge in [-0.2, -0.15) is 0 Å². The van der Waals surface area contributed by atoms with Crippen LogP contribution in [-0.2, 0) is 33.2 Å². The second-order valence-electron chi connectivity index (χ2n) is 6.37. The highest BCUT2D eigenvalue weighted by Gasteiger charge is 2.17. The van der Waals surface area contributed by atoms with Crippen molar-refractivity contribution in [2.24, 2.45) is 0 Å². The van der Waals surface area contributed by atoms with Crippen LogP contribution in [0.5, 0.6) is 0 Å². The van der Waals surface area contributed by atoms with Gasteiger partial charge in [0.05, 0.1) is 33.5 Å². The van der Waals surface area contributed by atoms with Gasteiger partial charge in [-0.15, -0.1) is 0 Å². The molecule has 0 heterocycles. The van der Waals surface area contributed by atoms with Gasteiger partial charge in [-0.25, -0.2) is 14.4 Å². The molecule has 35 heavy (non-hydrogen) atoms. The first-order chi connectivity index (χ1) is 16.7. The normalized spacial score (nSPS) is 10.2. The van der Waals surface area contributed by atoms with Crippen LogP contribution < -0.4 is 21.3 Å². The van der Waals surface area contributed by atoms with Gasteiger partial charge in [0.25, 0.3) is 0 Å². The maximum absolute atomic E-state index is 11.8. The molecule has 0 bridgehead atoms. The van der Waals surface area contributed by atoms with Crippen LogP contribution in [0.15, 0.2) is 0 Å². The van der Waals surface area contributed by atoms with E-state index in [9.17, 15) is 24.0 Å². The smallest absolute Gasteiger partial charge is 0.407 e. The van der Waals surface area contributed by atoms with Gasteiger partial charge in [-0.3, -0.25) is 9.59 Å². The van der Waals surface area contributed by atoms with Crippen molar-refractivity contribution in [2.75, 3.05) is 79.5 Å². The Hall–Kier alpha value is -3.04. The topological polar surface area (TPSA) is 189 Å². The summed E-state index contributed by atoms with van der Waals surface area (Å²) in [5, 5.41) is 9.53. The van der Waals surface area contributed by atoms with Crippen LogP contribution in [-0.4, -0.2) is 131 Å². The van der Waals surface area contributed by atoms with E-state index < -0.39 is 42.5 Å². The van der Waals surface area contributed by atoms with Gasteiger partial charge >= 0.3 is 18.2 Å². The Bertz CT molecular complexity index is 614. The molecule has 17 heteroatoms. The highest BCUT2D eigenvalue weighted by Crippen LogP contribution is 1.98. The average Bonchev–Trinajstić information content (AvgIpc) is 2.81. The summed E-state index contributed by atoms with van der Waals surface area (Å²) in [6.07, 6.45) is -2.52. The minimum atomic E-state index is -0.946. The quantitative estimate of drug-likeness (QED) is 0.0652. The molecule has 0 aromatic carbocycles. The molecule has 0 unspecified atom stereocenters. The molecule has 0 aliphatic rings. The van der Waals surface area contributed by atoms with Gasteiger partial charge in [-0.1, -0.05) is 0 Å². The van der Waals surface area contributed by atoms with E-state index in [1.807, 2.05) is 0 Å². The van der Waals surface area contributed by atoms with Gasteiger partial charge in [0.2, 0.25) is 0 Å². The van der Waals surface area contributed by atoms with Crippen LogP contribution in [0.2, 0.25) is 0 Å². The van der Waals surface area contributed by atoms with Crippen LogP contribution in [0.3, 0.4) is 0 Å². The second kappa shape index (κ2) is 21.5. The Labute approximate surface area is 205 Å². The monoisotopic (exact) mass is 500 g/mol. The van der Waals surface area contributed by atoms with Crippen LogP contribution >= 0.6 is 0 Å². The first-order valence-electron chi connectivity index (χ1n) is 10.5. The Kier molecular flexibility index (Phi) is 19.6. The number of amides is 4. The fourth-order valence-electron chi connectivity index (χ4n) is 1.98. The summed E-state index contributed by atoms with van der Waals surface area (Å²) in [5.74, 6) is -2.00. The molecule has 0 fully saturated rings. The third-order valence-corrected chi connectivity index (χ3v) is 3.59. The maximum atomic E-state index is 11.8. The number of esters is 1. The third kappa shape index (κ3) is 22.5. The number of alkyl carbamates (subject to hydrolysis) is 2. The number of methoxy groups -OCH3 is 1. The molecule has 0 rings (SSSR count). The molecule has 0 aromatic heterocycles. The molecule has 4 radical (unpaired) electrons. The Morgan fingerprint density at radius 2 is 1.09 bits per heavy atom. The number of hydrogen-bond acceptors (Lipinski definition) is 11. The summed E-state index contributed by atoms with van der Waals surface area (Å²) >= 11 is 0. The highest BCUT2D eigenvalue weighted by molar-refractivity contribution is 6.57. The van der Waals surface area contributed by atoms with Crippen molar-refractivity contribution in [1.82, 2.24) is 21.3 Å². The van der Waals surface area contributed by atoms with Crippen molar-refractivity contribution in [3.63, 3.8) is 0 Å². The van der Waals surface area contributed by atoms with Gasteiger partial charge < -0.3 is 49.7 Å². The molecule has 4 N–H and O–H groups in total. The van der Waals surface area contributed by atoms with E-state index in [2.05, 4.69) is 26.0 Å². The fourth-order valence-corrected chi connectivity index (χ4v) is 1.98. The van der Waals surface area contributed by atoms with Crippen LogP contribution in [0.4, 0.5) is 19.2 Å². The summed E-state index contributed by atoms with van der Waals surface area (Å²) in [6.45, 7) is 0.358. The van der Waals surface area contributed by atoms with Crippen molar-refractivity contribution in [1.29, 1.82) is 0 Å². The summed E-state index contributed by atoms with van der Waals surface area (Å²) in [4.78, 5) is 55.8. The van der Waals surface area contributed by atoms with E-state index in [-0.39, 0.29) is 65.8 Å². The van der Waals surface area contributed by atoms with Crippen molar-refractivity contribution >= 4 is 45.5 Å². The summed E-state index contributed by atoms with van der Waals surface area (Å²) in [5.41, 5.74) is 0. The SMILES string of the molecule is [B]C(=O)NCCOCCNC(=O)OCC(COC(=O)NCCOCCNC([B])=O)OCC(=O)OC. The van der Waals surface area contributed by atoms with Gasteiger partial charge in [0.15, 0.2) is 27.3 Å². The second-order valence-corrected chi connectivity index (χ2v) is 6.37. The van der Waals surface area contributed by atoms with E-state index in [1.165, 1.54) is 7.11 Å². The van der Waals surface area contributed by atoms with E-state index >= 15 is 0 Å². The third-order valence-electron chi connectivity index (χ3n) is 3.59. The summed E-state index contributed by atoms with van der Waals surface area (Å²) in [7, 11) is 11.0. The molecular formula is C18H30B2N4O11. The number of hydrogen-bond donors (Lipinski definition) is 4. The fraction of sp³-hybridized carbons (Fsp3) is 0.722. The predicted molar refractivity (Wildman–Crippen MR) is 120 cm³/mol. The van der Waals surface area contributed by atoms with E-state index in [0.717, 1.165) is 0 Å². The molecule has 0 saturated heterocycles. The minimum absolute atomic E-state index is 0.128. The lowest BCUT2D eigenvalue weighted by Crippen LogP contribution is -2.36. The largest absolute Gasteiger partial charge is 0.467 e. The lowest BCUT2D eigenvalue weighted by Gasteiger charge is -2.18. The molecule has 0 aliphatic carbocycles. The van der Waals surface area contributed by atoms with Crippen molar-refractivity contribution in [3.8, 4) is 0 Å². The highest BCUT2D eigenvalue weighted by atomic mass is 16.6. The number of nitrogens with one attached hydrogen (secondary N) is 4. The van der Waals surface area contributed by atoms with Gasteiger partial charge in [0, 0.05) is 26.2 Å². The van der Waals surface area contributed by atoms with Crippen LogP contribution in [0, 0.1) is 0 Å². The van der Waals surface area contributed by atoms with Crippen molar-refractivity contribution in [3.05, 3.63) is 0 Å². The zero-order chi connectivity index (χ0) is 26.3. The number of ether oxygens (including phenoxy) is 6. The average molecular weight is 500 g/mol. The van der Waals surface area contributed by atoms with Crippen molar-refractivity contribution in [2.45, 2.75) is 6.10 Å². The van der Waals surface area contributed by atoms with Crippen LogP contribution in [0.1, 0.15) is 0 Å². The molecule has 0 aliphatic heterocycles. The first kappa shape index (κ1) is 32.0. The minimum Gasteiger partial charge on any atom is -0.467 e. The Morgan fingerprint density at radius 1 is 0.686 bits per heavy atom. The van der Waals surface area contributed by atoms with E-state index in [0.29, 0.717) is 0 Å². The molecule has 0 atom stereocenters. The molecule has 0 spiro atoms. The molecule has 0 aromatic rings. The van der Waals surface area contributed by atoms with Gasteiger partial charge in [-0.05, 0) is 0 Å². The first-order valence-corrected chi connectivity index (χ1v) is 10.5. The number of carbonyl (C=O) groups is 5. The lowest BCUT2D eigenvalue weighted by molar-refractivity contribution is -0.149. The molecule has 194 valence electrons. The van der Waals surface area contributed by atoms with Crippen LogP contribution in [0.25, 0.3) is 0 Å². The van der Waals surface area contributed by atoms with Crippen molar-refractivity contribution < 1.29 is 52.4 Å². The Balaban J connectivity index is 4.13. The van der Waals surface area contributed by atoms with E-state index in [4.69, 9.17) is 39.4 Å². The summed E-state index contributed by atoms with van der Waals surface area (Å²) < 4.78 is 30.0.